The third-order valence-corrected chi connectivity index (χ3v) is 3.13. The van der Waals surface area contributed by atoms with E-state index in [2.05, 4.69) is 21.2 Å². The fourth-order valence-electron chi connectivity index (χ4n) is 1.60. The Morgan fingerprint density at radius 1 is 1.24 bits per heavy atom. The van der Waals surface area contributed by atoms with E-state index in [1.54, 1.807) is 0 Å². The molecule has 17 heavy (non-hydrogen) atoms. The van der Waals surface area contributed by atoms with Gasteiger partial charge in [0.1, 0.15) is 0 Å². The number of nitrogens with one attached hydrogen (secondary N) is 1. The minimum absolute atomic E-state index is 0.0606. The van der Waals surface area contributed by atoms with Crippen molar-refractivity contribution in [3.8, 4) is 0 Å². The minimum atomic E-state index is -4.32. The maximum absolute atomic E-state index is 12.8. The van der Waals surface area contributed by atoms with Crippen molar-refractivity contribution in [3.05, 3.63) is 28.2 Å². The third-order valence-electron chi connectivity index (χ3n) is 2.63. The van der Waals surface area contributed by atoms with Crippen LogP contribution in [0.1, 0.15) is 32.3 Å². The van der Waals surface area contributed by atoms with Crippen LogP contribution in [0.5, 0.6) is 0 Å². The Hall–Kier alpha value is -0.710. The number of benzene rings is 1. The van der Waals surface area contributed by atoms with Crippen LogP contribution in [0.25, 0.3) is 0 Å². The van der Waals surface area contributed by atoms with E-state index in [0.29, 0.717) is 4.47 Å². The fourth-order valence-corrected chi connectivity index (χ4v) is 1.96. The van der Waals surface area contributed by atoms with Gasteiger partial charge in [0, 0.05) is 16.2 Å². The molecule has 0 aliphatic heterocycles. The van der Waals surface area contributed by atoms with E-state index in [-0.39, 0.29) is 11.7 Å². The zero-order valence-electron chi connectivity index (χ0n) is 9.74. The molecule has 1 nitrogen and oxygen atoms in total. The van der Waals surface area contributed by atoms with Gasteiger partial charge in [-0.1, -0.05) is 29.8 Å². The van der Waals surface area contributed by atoms with Crippen molar-refractivity contribution in [2.45, 2.75) is 38.9 Å². The molecule has 0 aliphatic rings. The molecule has 5 heteroatoms. The van der Waals surface area contributed by atoms with Crippen molar-refractivity contribution >= 4 is 21.6 Å². The Bertz CT molecular complexity index is 373. The van der Waals surface area contributed by atoms with Crippen LogP contribution in [0.4, 0.5) is 18.9 Å². The van der Waals surface area contributed by atoms with Gasteiger partial charge in [-0.3, -0.25) is 0 Å². The summed E-state index contributed by atoms with van der Waals surface area (Å²) in [6.45, 7) is 3.90. The normalized spacial score (nSPS) is 11.9. The molecule has 1 N–H and O–H groups in total. The number of rotatable bonds is 4. The maximum Gasteiger partial charge on any atom is 0.418 e. The van der Waals surface area contributed by atoms with Crippen molar-refractivity contribution < 1.29 is 13.2 Å². The topological polar surface area (TPSA) is 12.0 Å². The molecule has 0 radical (unpaired) electrons. The van der Waals surface area contributed by atoms with Crippen LogP contribution in [0.3, 0.4) is 0 Å². The first-order valence-electron chi connectivity index (χ1n) is 5.51. The van der Waals surface area contributed by atoms with E-state index in [0.717, 1.165) is 18.9 Å². The van der Waals surface area contributed by atoms with Crippen molar-refractivity contribution in [3.63, 3.8) is 0 Å². The summed E-state index contributed by atoms with van der Waals surface area (Å²) < 4.78 is 39.0. The van der Waals surface area contributed by atoms with Crippen LogP contribution < -0.4 is 5.32 Å². The second-order valence-electron chi connectivity index (χ2n) is 3.85. The van der Waals surface area contributed by atoms with Crippen LogP contribution in [-0.4, -0.2) is 6.04 Å². The number of anilines is 1. The Balaban J connectivity index is 3.07. The van der Waals surface area contributed by atoms with Gasteiger partial charge in [0.05, 0.1) is 5.56 Å². The van der Waals surface area contributed by atoms with E-state index in [1.165, 1.54) is 12.1 Å². The second kappa shape index (κ2) is 5.76. The quantitative estimate of drug-likeness (QED) is 0.819. The smallest absolute Gasteiger partial charge is 0.382 e. The molecule has 1 rings (SSSR count). The molecule has 0 aliphatic carbocycles. The third kappa shape index (κ3) is 3.91. The molecule has 0 atom stereocenters. The minimum Gasteiger partial charge on any atom is -0.382 e. The molecule has 1 aromatic carbocycles. The van der Waals surface area contributed by atoms with Gasteiger partial charge in [-0.15, -0.1) is 0 Å². The summed E-state index contributed by atoms with van der Waals surface area (Å²) in [7, 11) is 0. The molecule has 0 bridgehead atoms. The zero-order valence-corrected chi connectivity index (χ0v) is 11.3. The van der Waals surface area contributed by atoms with Crippen molar-refractivity contribution in [2.24, 2.45) is 0 Å². The van der Waals surface area contributed by atoms with E-state index in [9.17, 15) is 13.2 Å². The Morgan fingerprint density at radius 2 is 1.82 bits per heavy atom. The molecule has 0 saturated carbocycles. The fraction of sp³-hybridized carbons (Fsp3) is 0.500. The average Bonchev–Trinajstić information content (AvgIpc) is 2.24. The van der Waals surface area contributed by atoms with Crippen molar-refractivity contribution in [1.29, 1.82) is 0 Å². The summed E-state index contributed by atoms with van der Waals surface area (Å²) in [6, 6.07) is 4.03. The molecule has 0 amide bonds. The first-order valence-corrected chi connectivity index (χ1v) is 6.31. The lowest BCUT2D eigenvalue weighted by Crippen LogP contribution is -2.20. The van der Waals surface area contributed by atoms with Gasteiger partial charge >= 0.3 is 6.18 Å². The van der Waals surface area contributed by atoms with Gasteiger partial charge in [-0.2, -0.15) is 13.2 Å². The highest BCUT2D eigenvalue weighted by molar-refractivity contribution is 9.10. The highest BCUT2D eigenvalue weighted by Crippen LogP contribution is 2.36. The Labute approximate surface area is 108 Å². The number of alkyl halides is 3. The lowest BCUT2D eigenvalue weighted by atomic mass is 10.1. The summed E-state index contributed by atoms with van der Waals surface area (Å²) in [6.07, 6.45) is -2.74. The maximum atomic E-state index is 12.8. The van der Waals surface area contributed by atoms with Gasteiger partial charge in [0.2, 0.25) is 0 Å². The molecule has 1 aromatic rings. The molecule has 0 unspecified atom stereocenters. The Morgan fingerprint density at radius 3 is 2.29 bits per heavy atom. The van der Waals surface area contributed by atoms with Gasteiger partial charge < -0.3 is 5.32 Å². The van der Waals surface area contributed by atoms with E-state index in [1.807, 2.05) is 13.8 Å². The Kier molecular flexibility index (Phi) is 4.86. The lowest BCUT2D eigenvalue weighted by Gasteiger charge is -2.20. The first-order chi connectivity index (χ1) is 7.88. The molecular weight excluding hydrogens is 295 g/mol. The van der Waals surface area contributed by atoms with Crippen molar-refractivity contribution in [2.75, 3.05) is 5.32 Å². The molecule has 96 valence electrons. The predicted molar refractivity (Wildman–Crippen MR) is 67.1 cm³/mol. The standard InChI is InChI=1S/C12H15BrF3N/c1-3-9(4-2)17-11-7-8(13)5-6-10(11)12(14,15)16/h5-7,9,17H,3-4H2,1-2H3. The predicted octanol–water partition coefficient (Wildman–Crippen LogP) is 5.07. The lowest BCUT2D eigenvalue weighted by molar-refractivity contribution is -0.137. The second-order valence-corrected chi connectivity index (χ2v) is 4.76. The summed E-state index contributed by atoms with van der Waals surface area (Å²) in [4.78, 5) is 0. The average molecular weight is 310 g/mol. The van der Waals surface area contributed by atoms with Crippen LogP contribution in [0.2, 0.25) is 0 Å². The van der Waals surface area contributed by atoms with Crippen LogP contribution >= 0.6 is 15.9 Å². The molecule has 0 spiro atoms. The van der Waals surface area contributed by atoms with E-state index >= 15 is 0 Å². The van der Waals surface area contributed by atoms with E-state index in [4.69, 9.17) is 0 Å². The molecule has 0 heterocycles. The van der Waals surface area contributed by atoms with E-state index < -0.39 is 11.7 Å². The number of hydrogen-bond donors (Lipinski definition) is 1. The summed E-state index contributed by atoms with van der Waals surface area (Å²) in [5.41, 5.74) is -0.479. The largest absolute Gasteiger partial charge is 0.418 e. The summed E-state index contributed by atoms with van der Waals surface area (Å²) in [5, 5.41) is 2.94. The van der Waals surface area contributed by atoms with Crippen LogP contribution in [0.15, 0.2) is 22.7 Å². The first kappa shape index (κ1) is 14.4. The molecule has 0 aromatic heterocycles. The number of hydrogen-bond acceptors (Lipinski definition) is 1. The monoisotopic (exact) mass is 309 g/mol. The van der Waals surface area contributed by atoms with Gasteiger partial charge in [0.15, 0.2) is 0 Å². The SMILES string of the molecule is CCC(CC)Nc1cc(Br)ccc1C(F)(F)F. The van der Waals surface area contributed by atoms with Gasteiger partial charge in [0.25, 0.3) is 0 Å². The molecular formula is C12H15BrF3N. The summed E-state index contributed by atoms with van der Waals surface area (Å²) in [5.74, 6) is 0. The van der Waals surface area contributed by atoms with Crippen LogP contribution in [0, 0.1) is 0 Å². The van der Waals surface area contributed by atoms with Crippen LogP contribution in [-0.2, 0) is 6.18 Å². The van der Waals surface area contributed by atoms with Crippen molar-refractivity contribution in [1.82, 2.24) is 0 Å². The van der Waals surface area contributed by atoms with Gasteiger partial charge in [-0.25, -0.2) is 0 Å². The highest BCUT2D eigenvalue weighted by atomic mass is 79.9. The zero-order chi connectivity index (χ0) is 13.1. The number of halogens is 4. The molecule has 0 fully saturated rings. The summed E-state index contributed by atoms with van der Waals surface area (Å²) >= 11 is 3.19. The highest BCUT2D eigenvalue weighted by Gasteiger charge is 2.33. The molecule has 0 saturated heterocycles. The van der Waals surface area contributed by atoms with Gasteiger partial charge in [-0.05, 0) is 31.0 Å².